The molecule has 2 aromatic rings. The lowest BCUT2D eigenvalue weighted by Gasteiger charge is -2.40. The molecule has 0 N–H and O–H groups in total. The summed E-state index contributed by atoms with van der Waals surface area (Å²) >= 11 is 0. The van der Waals surface area contributed by atoms with Gasteiger partial charge in [-0.25, -0.2) is 4.98 Å². The second kappa shape index (κ2) is 8.47. The molecule has 2 aromatic heterocycles. The number of halogens is 1. The highest BCUT2D eigenvalue weighted by atomic mass is 19.1. The first kappa shape index (κ1) is 21.2. The molecule has 0 amide bonds. The number of ether oxygens (including phenoxy) is 1. The fraction of sp³-hybridized carbons (Fsp3) is 0.522. The van der Waals surface area contributed by atoms with Crippen molar-refractivity contribution in [1.82, 2.24) is 9.97 Å². The summed E-state index contributed by atoms with van der Waals surface area (Å²) in [5.41, 5.74) is 4.63. The Hall–Kier alpha value is -2.50. The lowest BCUT2D eigenvalue weighted by molar-refractivity contribution is -0.146. The Morgan fingerprint density at radius 2 is 1.90 bits per heavy atom. The van der Waals surface area contributed by atoms with Crippen molar-refractivity contribution < 1.29 is 13.9 Å². The summed E-state index contributed by atoms with van der Waals surface area (Å²) in [6.07, 6.45) is 5.44. The highest BCUT2D eigenvalue weighted by Crippen LogP contribution is 2.39. The molecular formula is C23H30FN3O2. The van der Waals surface area contributed by atoms with Gasteiger partial charge in [-0.1, -0.05) is 13.8 Å². The summed E-state index contributed by atoms with van der Waals surface area (Å²) in [4.78, 5) is 23.2. The Bertz CT molecular complexity index is 868. The van der Waals surface area contributed by atoms with Crippen molar-refractivity contribution in [2.75, 3.05) is 18.0 Å². The minimum Gasteiger partial charge on any atom is -0.463 e. The Morgan fingerprint density at radius 1 is 1.21 bits per heavy atom. The summed E-state index contributed by atoms with van der Waals surface area (Å²) in [6, 6.07) is 3.06. The van der Waals surface area contributed by atoms with E-state index in [-0.39, 0.29) is 18.5 Å². The SMILES string of the molecule is Cc1ncc(-c2ccc(F)nc2)c(N2CCC(C)(C)CC2)c1CC(=O)OC(C)C. The van der Waals surface area contributed by atoms with Gasteiger partial charge >= 0.3 is 5.97 Å². The van der Waals surface area contributed by atoms with Crippen LogP contribution in [-0.4, -0.2) is 35.1 Å². The lowest BCUT2D eigenvalue weighted by atomic mass is 9.82. The van der Waals surface area contributed by atoms with Gasteiger partial charge in [0.05, 0.1) is 18.2 Å². The predicted octanol–water partition coefficient (Wildman–Crippen LogP) is 4.71. The monoisotopic (exact) mass is 399 g/mol. The van der Waals surface area contributed by atoms with Crippen LogP contribution in [0.2, 0.25) is 0 Å². The first-order chi connectivity index (χ1) is 13.7. The number of anilines is 1. The average Bonchev–Trinajstić information content (AvgIpc) is 2.64. The predicted molar refractivity (Wildman–Crippen MR) is 112 cm³/mol. The van der Waals surface area contributed by atoms with Crippen LogP contribution in [0.3, 0.4) is 0 Å². The summed E-state index contributed by atoms with van der Waals surface area (Å²) in [5.74, 6) is -0.784. The van der Waals surface area contributed by atoms with Crippen LogP contribution in [0.4, 0.5) is 10.1 Å². The van der Waals surface area contributed by atoms with E-state index in [0.717, 1.165) is 54.0 Å². The van der Waals surface area contributed by atoms with E-state index in [1.54, 1.807) is 12.3 Å². The first-order valence-corrected chi connectivity index (χ1v) is 10.2. The van der Waals surface area contributed by atoms with Gasteiger partial charge in [0.2, 0.25) is 5.95 Å². The second-order valence-electron chi connectivity index (χ2n) is 8.82. The minimum absolute atomic E-state index is 0.161. The number of carbonyl (C=O) groups excluding carboxylic acids is 1. The molecule has 1 fully saturated rings. The number of nitrogens with zero attached hydrogens (tertiary/aromatic N) is 3. The van der Waals surface area contributed by atoms with Crippen LogP contribution in [0.15, 0.2) is 24.5 Å². The van der Waals surface area contributed by atoms with Crippen LogP contribution in [-0.2, 0) is 16.0 Å². The van der Waals surface area contributed by atoms with Gasteiger partial charge in [0, 0.05) is 47.9 Å². The quantitative estimate of drug-likeness (QED) is 0.538. The molecule has 0 atom stereocenters. The summed E-state index contributed by atoms with van der Waals surface area (Å²) in [6.45, 7) is 12.0. The second-order valence-corrected chi connectivity index (χ2v) is 8.82. The van der Waals surface area contributed by atoms with E-state index in [1.807, 2.05) is 20.8 Å². The van der Waals surface area contributed by atoms with Crippen molar-refractivity contribution in [2.45, 2.75) is 60.0 Å². The molecule has 3 heterocycles. The molecule has 6 heteroatoms. The van der Waals surface area contributed by atoms with E-state index in [2.05, 4.69) is 28.7 Å². The Labute approximate surface area is 172 Å². The van der Waals surface area contributed by atoms with Crippen LogP contribution in [0.25, 0.3) is 11.1 Å². The maximum atomic E-state index is 13.4. The van der Waals surface area contributed by atoms with Gasteiger partial charge in [0.1, 0.15) is 0 Å². The Balaban J connectivity index is 2.07. The highest BCUT2D eigenvalue weighted by Gasteiger charge is 2.29. The third kappa shape index (κ3) is 5.11. The molecule has 156 valence electrons. The van der Waals surface area contributed by atoms with Crippen molar-refractivity contribution >= 4 is 11.7 Å². The molecule has 29 heavy (non-hydrogen) atoms. The van der Waals surface area contributed by atoms with E-state index < -0.39 is 5.95 Å². The van der Waals surface area contributed by atoms with E-state index in [1.165, 1.54) is 12.3 Å². The normalized spacial score (nSPS) is 16.2. The average molecular weight is 400 g/mol. The lowest BCUT2D eigenvalue weighted by Crippen LogP contribution is -2.38. The summed E-state index contributed by atoms with van der Waals surface area (Å²) in [5, 5.41) is 0. The van der Waals surface area contributed by atoms with Crippen LogP contribution in [0, 0.1) is 18.3 Å². The number of hydrogen-bond acceptors (Lipinski definition) is 5. The molecule has 0 unspecified atom stereocenters. The number of esters is 1. The molecule has 0 aromatic carbocycles. The number of piperidine rings is 1. The van der Waals surface area contributed by atoms with Gasteiger partial charge in [-0.2, -0.15) is 4.39 Å². The minimum atomic E-state index is -0.518. The van der Waals surface area contributed by atoms with Gasteiger partial charge in [-0.05, 0) is 51.2 Å². The molecule has 0 bridgehead atoms. The molecular weight excluding hydrogens is 369 g/mol. The molecule has 0 spiro atoms. The molecule has 1 saturated heterocycles. The Morgan fingerprint density at radius 3 is 2.48 bits per heavy atom. The summed E-state index contributed by atoms with van der Waals surface area (Å²) < 4.78 is 18.8. The first-order valence-electron chi connectivity index (χ1n) is 10.2. The van der Waals surface area contributed by atoms with Crippen LogP contribution < -0.4 is 4.90 Å². The third-order valence-electron chi connectivity index (χ3n) is 5.52. The molecule has 1 aliphatic heterocycles. The smallest absolute Gasteiger partial charge is 0.310 e. The van der Waals surface area contributed by atoms with Crippen LogP contribution in [0.5, 0.6) is 0 Å². The van der Waals surface area contributed by atoms with Gasteiger partial charge in [0.25, 0.3) is 0 Å². The van der Waals surface area contributed by atoms with Gasteiger partial charge in [-0.15, -0.1) is 0 Å². The zero-order valence-electron chi connectivity index (χ0n) is 18.0. The van der Waals surface area contributed by atoms with Crippen molar-refractivity contribution in [2.24, 2.45) is 5.41 Å². The van der Waals surface area contributed by atoms with E-state index in [9.17, 15) is 9.18 Å². The molecule has 5 nitrogen and oxygen atoms in total. The molecule has 0 aliphatic carbocycles. The van der Waals surface area contributed by atoms with E-state index >= 15 is 0 Å². The fourth-order valence-corrected chi connectivity index (χ4v) is 3.74. The number of pyridine rings is 2. The molecule has 0 saturated carbocycles. The highest BCUT2D eigenvalue weighted by molar-refractivity contribution is 5.84. The zero-order chi connectivity index (χ0) is 21.2. The van der Waals surface area contributed by atoms with Gasteiger partial charge in [-0.3, -0.25) is 9.78 Å². The largest absolute Gasteiger partial charge is 0.463 e. The summed E-state index contributed by atoms with van der Waals surface area (Å²) in [7, 11) is 0. The maximum absolute atomic E-state index is 13.4. The number of aryl methyl sites for hydroxylation is 1. The van der Waals surface area contributed by atoms with Crippen molar-refractivity contribution in [1.29, 1.82) is 0 Å². The van der Waals surface area contributed by atoms with Gasteiger partial charge in [0.15, 0.2) is 0 Å². The van der Waals surface area contributed by atoms with E-state index in [4.69, 9.17) is 4.74 Å². The van der Waals surface area contributed by atoms with Crippen LogP contribution >= 0.6 is 0 Å². The van der Waals surface area contributed by atoms with Crippen molar-refractivity contribution in [3.63, 3.8) is 0 Å². The number of aromatic nitrogens is 2. The third-order valence-corrected chi connectivity index (χ3v) is 5.52. The molecule has 0 radical (unpaired) electrons. The number of hydrogen-bond donors (Lipinski definition) is 0. The fourth-order valence-electron chi connectivity index (χ4n) is 3.74. The standard InChI is InChI=1S/C23H30FN3O2/c1-15(2)29-21(28)12-18-16(3)25-14-19(17-6-7-20(24)26-13-17)22(18)27-10-8-23(4,5)9-11-27/h6-7,13-15H,8-12H2,1-5H3. The number of carbonyl (C=O) groups is 1. The zero-order valence-corrected chi connectivity index (χ0v) is 18.0. The van der Waals surface area contributed by atoms with E-state index in [0.29, 0.717) is 5.41 Å². The van der Waals surface area contributed by atoms with Crippen LogP contribution in [0.1, 0.15) is 51.8 Å². The topological polar surface area (TPSA) is 55.3 Å². The number of rotatable bonds is 5. The Kier molecular flexibility index (Phi) is 6.20. The molecule has 3 rings (SSSR count). The maximum Gasteiger partial charge on any atom is 0.310 e. The van der Waals surface area contributed by atoms with Crippen molar-refractivity contribution in [3.05, 3.63) is 41.7 Å². The van der Waals surface area contributed by atoms with Gasteiger partial charge < -0.3 is 9.64 Å². The molecule has 1 aliphatic rings. The van der Waals surface area contributed by atoms with Crippen molar-refractivity contribution in [3.8, 4) is 11.1 Å².